The molecule has 18 heavy (non-hydrogen) atoms. The SMILES string of the molecule is CC(C)N1Cc2cc(C(=O)N(C)C)nn2CC1C. The zero-order valence-corrected chi connectivity index (χ0v) is 11.8. The van der Waals surface area contributed by atoms with Gasteiger partial charge in [-0.2, -0.15) is 5.10 Å². The van der Waals surface area contributed by atoms with Crippen LogP contribution < -0.4 is 0 Å². The number of fused-ring (bicyclic) bond motifs is 1. The predicted molar refractivity (Wildman–Crippen MR) is 70.4 cm³/mol. The van der Waals surface area contributed by atoms with Gasteiger partial charge in [0, 0.05) is 32.7 Å². The number of carbonyl (C=O) groups excluding carboxylic acids is 1. The highest BCUT2D eigenvalue weighted by molar-refractivity contribution is 5.92. The molecule has 1 aromatic heterocycles. The van der Waals surface area contributed by atoms with Crippen LogP contribution in [-0.4, -0.2) is 51.7 Å². The minimum atomic E-state index is -0.0272. The maximum Gasteiger partial charge on any atom is 0.273 e. The van der Waals surface area contributed by atoms with Crippen molar-refractivity contribution >= 4 is 5.91 Å². The van der Waals surface area contributed by atoms with Crippen LogP contribution in [0.3, 0.4) is 0 Å². The topological polar surface area (TPSA) is 41.4 Å². The second-order valence-electron chi connectivity index (χ2n) is 5.52. The van der Waals surface area contributed by atoms with Gasteiger partial charge in [0.2, 0.25) is 0 Å². The van der Waals surface area contributed by atoms with E-state index in [9.17, 15) is 4.79 Å². The van der Waals surface area contributed by atoms with Gasteiger partial charge in [0.05, 0.1) is 12.2 Å². The van der Waals surface area contributed by atoms with Crippen molar-refractivity contribution < 1.29 is 4.79 Å². The van der Waals surface area contributed by atoms with Crippen molar-refractivity contribution in [2.45, 2.75) is 45.9 Å². The lowest BCUT2D eigenvalue weighted by atomic mass is 10.1. The van der Waals surface area contributed by atoms with Crippen LogP contribution in [0.25, 0.3) is 0 Å². The van der Waals surface area contributed by atoms with Gasteiger partial charge in [0.1, 0.15) is 0 Å². The molecule has 1 aliphatic rings. The number of aromatic nitrogens is 2. The van der Waals surface area contributed by atoms with E-state index < -0.39 is 0 Å². The molecule has 100 valence electrons. The van der Waals surface area contributed by atoms with E-state index >= 15 is 0 Å². The number of amides is 1. The van der Waals surface area contributed by atoms with Crippen molar-refractivity contribution in [2.24, 2.45) is 0 Å². The van der Waals surface area contributed by atoms with E-state index in [1.165, 1.54) is 0 Å². The molecule has 2 rings (SSSR count). The molecule has 0 N–H and O–H groups in total. The van der Waals surface area contributed by atoms with Crippen molar-refractivity contribution in [2.75, 3.05) is 14.1 Å². The lowest BCUT2D eigenvalue weighted by molar-refractivity contribution is 0.0819. The third-order valence-corrected chi connectivity index (χ3v) is 3.50. The summed E-state index contributed by atoms with van der Waals surface area (Å²) in [6, 6.07) is 2.89. The first-order valence-corrected chi connectivity index (χ1v) is 6.44. The van der Waals surface area contributed by atoms with Crippen LogP contribution in [-0.2, 0) is 13.1 Å². The highest BCUT2D eigenvalue weighted by Crippen LogP contribution is 2.20. The number of rotatable bonds is 2. The molecule has 0 radical (unpaired) electrons. The van der Waals surface area contributed by atoms with Crippen LogP contribution in [0.2, 0.25) is 0 Å². The fourth-order valence-electron chi connectivity index (χ4n) is 2.46. The van der Waals surface area contributed by atoms with Gasteiger partial charge in [-0.1, -0.05) is 0 Å². The zero-order chi connectivity index (χ0) is 13.4. The van der Waals surface area contributed by atoms with Gasteiger partial charge in [-0.15, -0.1) is 0 Å². The quantitative estimate of drug-likeness (QED) is 0.792. The Labute approximate surface area is 108 Å². The lowest BCUT2D eigenvalue weighted by Gasteiger charge is -2.36. The number of hydrogen-bond acceptors (Lipinski definition) is 3. The number of nitrogens with zero attached hydrogens (tertiary/aromatic N) is 4. The summed E-state index contributed by atoms with van der Waals surface area (Å²) in [5, 5.41) is 4.41. The molecule has 0 spiro atoms. The molecule has 0 aliphatic carbocycles. The number of hydrogen-bond donors (Lipinski definition) is 0. The van der Waals surface area contributed by atoms with E-state index in [4.69, 9.17) is 0 Å². The minimum Gasteiger partial charge on any atom is -0.343 e. The third kappa shape index (κ3) is 2.27. The molecule has 1 aliphatic heterocycles. The average Bonchev–Trinajstić information content (AvgIpc) is 2.68. The lowest BCUT2D eigenvalue weighted by Crippen LogP contribution is -2.44. The Kier molecular flexibility index (Phi) is 3.43. The smallest absolute Gasteiger partial charge is 0.273 e. The van der Waals surface area contributed by atoms with Crippen LogP contribution in [0, 0.1) is 0 Å². The molecule has 0 saturated heterocycles. The summed E-state index contributed by atoms with van der Waals surface area (Å²) < 4.78 is 1.97. The summed E-state index contributed by atoms with van der Waals surface area (Å²) in [6.45, 7) is 8.33. The van der Waals surface area contributed by atoms with Gasteiger partial charge in [-0.3, -0.25) is 14.4 Å². The molecule has 2 heterocycles. The summed E-state index contributed by atoms with van der Waals surface area (Å²) in [6.07, 6.45) is 0. The normalized spacial score (nSPS) is 20.0. The summed E-state index contributed by atoms with van der Waals surface area (Å²) in [4.78, 5) is 15.9. The average molecular weight is 250 g/mol. The summed E-state index contributed by atoms with van der Waals surface area (Å²) in [5.74, 6) is -0.0272. The summed E-state index contributed by atoms with van der Waals surface area (Å²) >= 11 is 0. The fourth-order valence-corrected chi connectivity index (χ4v) is 2.46. The minimum absolute atomic E-state index is 0.0272. The molecule has 1 amide bonds. The molecular weight excluding hydrogens is 228 g/mol. The Morgan fingerprint density at radius 1 is 1.50 bits per heavy atom. The fraction of sp³-hybridized carbons (Fsp3) is 0.692. The number of carbonyl (C=O) groups is 1. The molecule has 0 aromatic carbocycles. The maximum atomic E-state index is 11.9. The van der Waals surface area contributed by atoms with E-state index in [1.807, 2.05) is 10.7 Å². The molecule has 5 heteroatoms. The van der Waals surface area contributed by atoms with Crippen LogP contribution in [0.1, 0.15) is 37.0 Å². The third-order valence-electron chi connectivity index (χ3n) is 3.50. The summed E-state index contributed by atoms with van der Waals surface area (Å²) in [5.41, 5.74) is 1.68. The van der Waals surface area contributed by atoms with Gasteiger partial charge < -0.3 is 4.90 Å². The Bertz CT molecular complexity index is 450. The van der Waals surface area contributed by atoms with Gasteiger partial charge in [-0.25, -0.2) is 0 Å². The van der Waals surface area contributed by atoms with Gasteiger partial charge >= 0.3 is 0 Å². The molecule has 1 unspecified atom stereocenters. The van der Waals surface area contributed by atoms with Crippen LogP contribution in [0.5, 0.6) is 0 Å². The molecule has 0 bridgehead atoms. The molecular formula is C13H22N4O. The first kappa shape index (κ1) is 13.1. The Morgan fingerprint density at radius 3 is 2.72 bits per heavy atom. The summed E-state index contributed by atoms with van der Waals surface area (Å²) in [7, 11) is 3.51. The van der Waals surface area contributed by atoms with Crippen molar-refractivity contribution in [1.82, 2.24) is 19.6 Å². The second kappa shape index (κ2) is 4.72. The Balaban J connectivity index is 2.26. The maximum absolute atomic E-state index is 11.9. The standard InChI is InChI=1S/C13H22N4O/c1-9(2)16-8-11-6-12(13(18)15(4)5)14-17(11)7-10(16)3/h6,9-10H,7-8H2,1-5H3. The van der Waals surface area contributed by atoms with Crippen molar-refractivity contribution in [3.05, 3.63) is 17.5 Å². The Hall–Kier alpha value is -1.36. The highest BCUT2D eigenvalue weighted by Gasteiger charge is 2.27. The second-order valence-corrected chi connectivity index (χ2v) is 5.52. The molecule has 1 atom stereocenters. The van der Waals surface area contributed by atoms with Crippen LogP contribution in [0.15, 0.2) is 6.07 Å². The Morgan fingerprint density at radius 2 is 2.17 bits per heavy atom. The van der Waals surface area contributed by atoms with E-state index in [2.05, 4.69) is 30.8 Å². The van der Waals surface area contributed by atoms with Gasteiger partial charge in [0.25, 0.3) is 5.91 Å². The molecule has 5 nitrogen and oxygen atoms in total. The van der Waals surface area contributed by atoms with Crippen molar-refractivity contribution in [3.8, 4) is 0 Å². The van der Waals surface area contributed by atoms with E-state index in [-0.39, 0.29) is 5.91 Å². The van der Waals surface area contributed by atoms with E-state index in [0.29, 0.717) is 17.8 Å². The van der Waals surface area contributed by atoms with E-state index in [1.54, 1.807) is 19.0 Å². The molecule has 0 fully saturated rings. The van der Waals surface area contributed by atoms with E-state index in [0.717, 1.165) is 18.8 Å². The van der Waals surface area contributed by atoms with Gasteiger partial charge in [-0.05, 0) is 26.8 Å². The zero-order valence-electron chi connectivity index (χ0n) is 11.8. The largest absolute Gasteiger partial charge is 0.343 e. The first-order valence-electron chi connectivity index (χ1n) is 6.44. The van der Waals surface area contributed by atoms with Gasteiger partial charge in [0.15, 0.2) is 5.69 Å². The first-order chi connectivity index (χ1) is 8.40. The van der Waals surface area contributed by atoms with Crippen LogP contribution >= 0.6 is 0 Å². The van der Waals surface area contributed by atoms with Crippen LogP contribution in [0.4, 0.5) is 0 Å². The molecule has 0 saturated carbocycles. The van der Waals surface area contributed by atoms with Crippen molar-refractivity contribution in [1.29, 1.82) is 0 Å². The highest BCUT2D eigenvalue weighted by atomic mass is 16.2. The monoisotopic (exact) mass is 250 g/mol. The van der Waals surface area contributed by atoms with Crippen molar-refractivity contribution in [3.63, 3.8) is 0 Å². The molecule has 1 aromatic rings. The predicted octanol–water partition coefficient (Wildman–Crippen LogP) is 1.20.